The highest BCUT2D eigenvalue weighted by atomic mass is 32.1. The number of amides is 1. The zero-order valence-electron chi connectivity index (χ0n) is 11.7. The summed E-state index contributed by atoms with van der Waals surface area (Å²) in [6, 6.07) is 3.79. The minimum Gasteiger partial charge on any atom is -0.459 e. The van der Waals surface area contributed by atoms with Crippen LogP contribution in [0.5, 0.6) is 0 Å². The normalized spacial score (nSPS) is 10.7. The molecule has 0 N–H and O–H groups in total. The van der Waals surface area contributed by atoms with E-state index in [2.05, 4.69) is 4.98 Å². The Bertz CT molecular complexity index is 582. The number of aromatic nitrogens is 1. The van der Waals surface area contributed by atoms with Crippen LogP contribution >= 0.6 is 11.3 Å². The van der Waals surface area contributed by atoms with Gasteiger partial charge in [-0.1, -0.05) is 0 Å². The van der Waals surface area contributed by atoms with Crippen molar-refractivity contribution in [2.24, 2.45) is 0 Å². The second-order valence-corrected chi connectivity index (χ2v) is 5.32. The van der Waals surface area contributed by atoms with Crippen LogP contribution in [0.25, 0.3) is 10.8 Å². The number of carbonyl (C=O) groups excluding carboxylic acids is 1. The third kappa shape index (κ3) is 2.71. The van der Waals surface area contributed by atoms with Crippen LogP contribution in [0.15, 0.2) is 16.5 Å². The summed E-state index contributed by atoms with van der Waals surface area (Å²) in [4.78, 5) is 19.3. The van der Waals surface area contributed by atoms with Crippen LogP contribution in [0, 0.1) is 13.8 Å². The van der Waals surface area contributed by atoms with E-state index < -0.39 is 0 Å². The second-order valence-electron chi connectivity index (χ2n) is 4.32. The van der Waals surface area contributed by atoms with E-state index in [0.717, 1.165) is 22.2 Å². The molecule has 0 fully saturated rings. The molecule has 2 aromatic rings. The number of furan rings is 1. The van der Waals surface area contributed by atoms with E-state index in [4.69, 9.17) is 4.42 Å². The van der Waals surface area contributed by atoms with Crippen LogP contribution in [0.3, 0.4) is 0 Å². The summed E-state index contributed by atoms with van der Waals surface area (Å²) in [5, 5.41) is 0.765. The van der Waals surface area contributed by atoms with Crippen molar-refractivity contribution in [3.05, 3.63) is 28.5 Å². The fraction of sp³-hybridized carbons (Fsp3) is 0.429. The third-order valence-corrected chi connectivity index (χ3v) is 4.15. The first-order valence-corrected chi connectivity index (χ1v) is 7.22. The van der Waals surface area contributed by atoms with Gasteiger partial charge in [0.05, 0.1) is 5.69 Å². The van der Waals surface area contributed by atoms with Gasteiger partial charge >= 0.3 is 0 Å². The van der Waals surface area contributed by atoms with Gasteiger partial charge in [-0.3, -0.25) is 4.79 Å². The zero-order chi connectivity index (χ0) is 14.0. The number of carbonyl (C=O) groups is 1. The van der Waals surface area contributed by atoms with E-state index in [1.54, 1.807) is 4.90 Å². The first-order valence-electron chi connectivity index (χ1n) is 6.40. The Morgan fingerprint density at radius 3 is 2.53 bits per heavy atom. The van der Waals surface area contributed by atoms with Crippen molar-refractivity contribution in [1.29, 1.82) is 0 Å². The largest absolute Gasteiger partial charge is 0.459 e. The summed E-state index contributed by atoms with van der Waals surface area (Å²) >= 11 is 1.40. The topological polar surface area (TPSA) is 46.3 Å². The van der Waals surface area contributed by atoms with Gasteiger partial charge in [-0.2, -0.15) is 0 Å². The summed E-state index contributed by atoms with van der Waals surface area (Å²) in [7, 11) is 0. The van der Waals surface area contributed by atoms with E-state index in [1.807, 2.05) is 39.8 Å². The Balaban J connectivity index is 2.33. The molecule has 0 saturated heterocycles. The lowest BCUT2D eigenvalue weighted by Crippen LogP contribution is -2.30. The first kappa shape index (κ1) is 13.8. The maximum atomic E-state index is 12.3. The fourth-order valence-corrected chi connectivity index (χ4v) is 2.90. The molecule has 0 aliphatic heterocycles. The smallest absolute Gasteiger partial charge is 0.265 e. The van der Waals surface area contributed by atoms with Crippen LogP contribution in [0.4, 0.5) is 0 Å². The predicted octanol–water partition coefficient (Wildman–Crippen LogP) is 3.50. The van der Waals surface area contributed by atoms with Crippen LogP contribution in [0.2, 0.25) is 0 Å². The Morgan fingerprint density at radius 1 is 1.32 bits per heavy atom. The zero-order valence-corrected chi connectivity index (χ0v) is 12.5. The monoisotopic (exact) mass is 278 g/mol. The highest BCUT2D eigenvalue weighted by molar-refractivity contribution is 7.17. The second kappa shape index (κ2) is 5.57. The molecule has 2 heterocycles. The van der Waals surface area contributed by atoms with Crippen molar-refractivity contribution in [2.45, 2.75) is 27.7 Å². The summed E-state index contributed by atoms with van der Waals surface area (Å²) in [6.07, 6.45) is 0. The molecular formula is C14H18N2O2S. The average Bonchev–Trinajstić information content (AvgIpc) is 2.97. The minimum atomic E-state index is 0.0505. The number of hydrogen-bond acceptors (Lipinski definition) is 4. The highest BCUT2D eigenvalue weighted by Gasteiger charge is 2.20. The van der Waals surface area contributed by atoms with Gasteiger partial charge in [-0.15, -0.1) is 11.3 Å². The summed E-state index contributed by atoms with van der Waals surface area (Å²) < 4.78 is 5.55. The standard InChI is InChI=1S/C14H18N2O2S/c1-5-16(6-2)14(17)12-10(4)15-13(19-12)11-8-7-9(3)18-11/h7-8H,5-6H2,1-4H3. The maximum Gasteiger partial charge on any atom is 0.265 e. The van der Waals surface area contributed by atoms with Gasteiger partial charge in [0.2, 0.25) is 0 Å². The van der Waals surface area contributed by atoms with Gasteiger partial charge in [0.1, 0.15) is 10.6 Å². The molecule has 0 aromatic carbocycles. The molecule has 0 atom stereocenters. The maximum absolute atomic E-state index is 12.3. The Kier molecular flexibility index (Phi) is 4.04. The van der Waals surface area contributed by atoms with Crippen molar-refractivity contribution in [3.63, 3.8) is 0 Å². The highest BCUT2D eigenvalue weighted by Crippen LogP contribution is 2.29. The molecule has 1 amide bonds. The first-order chi connectivity index (χ1) is 9.06. The summed E-state index contributed by atoms with van der Waals surface area (Å²) in [6.45, 7) is 9.14. The van der Waals surface area contributed by atoms with Gasteiger partial charge in [0.25, 0.3) is 5.91 Å². The van der Waals surface area contributed by atoms with Crippen molar-refractivity contribution >= 4 is 17.2 Å². The molecule has 0 aliphatic carbocycles. The SMILES string of the molecule is CCN(CC)C(=O)c1sc(-c2ccc(C)o2)nc1C. The molecule has 102 valence electrons. The fourth-order valence-electron chi connectivity index (χ4n) is 1.90. The molecule has 4 nitrogen and oxygen atoms in total. The van der Waals surface area contributed by atoms with E-state index in [0.29, 0.717) is 18.0 Å². The number of hydrogen-bond donors (Lipinski definition) is 0. The molecule has 0 saturated carbocycles. The van der Waals surface area contributed by atoms with Crippen LogP contribution in [0.1, 0.15) is 35.0 Å². The van der Waals surface area contributed by atoms with E-state index in [9.17, 15) is 4.79 Å². The lowest BCUT2D eigenvalue weighted by atomic mass is 10.3. The van der Waals surface area contributed by atoms with Gasteiger partial charge in [0, 0.05) is 13.1 Å². The van der Waals surface area contributed by atoms with Gasteiger partial charge in [-0.25, -0.2) is 4.98 Å². The number of thiazole rings is 1. The summed E-state index contributed by atoms with van der Waals surface area (Å²) in [5.41, 5.74) is 0.769. The molecule has 0 bridgehead atoms. The van der Waals surface area contributed by atoms with Crippen molar-refractivity contribution in [3.8, 4) is 10.8 Å². The van der Waals surface area contributed by atoms with Gasteiger partial charge < -0.3 is 9.32 Å². The van der Waals surface area contributed by atoms with Crippen molar-refractivity contribution in [1.82, 2.24) is 9.88 Å². The van der Waals surface area contributed by atoms with Crippen LogP contribution in [-0.4, -0.2) is 28.9 Å². The Hall–Kier alpha value is -1.62. The molecule has 0 unspecified atom stereocenters. The quantitative estimate of drug-likeness (QED) is 0.860. The lowest BCUT2D eigenvalue weighted by Gasteiger charge is -2.17. The lowest BCUT2D eigenvalue weighted by molar-refractivity contribution is 0.0777. The number of nitrogens with zero attached hydrogens (tertiary/aromatic N) is 2. The van der Waals surface area contributed by atoms with E-state index >= 15 is 0 Å². The predicted molar refractivity (Wildman–Crippen MR) is 76.5 cm³/mol. The molecule has 2 rings (SSSR count). The molecule has 0 radical (unpaired) electrons. The minimum absolute atomic E-state index is 0.0505. The number of rotatable bonds is 4. The van der Waals surface area contributed by atoms with Gasteiger partial charge in [-0.05, 0) is 39.8 Å². The Labute approximate surface area is 117 Å². The average molecular weight is 278 g/mol. The van der Waals surface area contributed by atoms with Crippen molar-refractivity contribution in [2.75, 3.05) is 13.1 Å². The summed E-state index contributed by atoms with van der Waals surface area (Å²) in [5.74, 6) is 1.62. The number of aryl methyl sites for hydroxylation is 2. The van der Waals surface area contributed by atoms with Crippen LogP contribution in [-0.2, 0) is 0 Å². The van der Waals surface area contributed by atoms with E-state index in [-0.39, 0.29) is 5.91 Å². The molecule has 5 heteroatoms. The van der Waals surface area contributed by atoms with Gasteiger partial charge in [0.15, 0.2) is 10.8 Å². The van der Waals surface area contributed by atoms with Crippen molar-refractivity contribution < 1.29 is 9.21 Å². The molecular weight excluding hydrogens is 260 g/mol. The molecule has 0 aliphatic rings. The molecule has 0 spiro atoms. The van der Waals surface area contributed by atoms with E-state index in [1.165, 1.54) is 11.3 Å². The molecule has 2 aromatic heterocycles. The van der Waals surface area contributed by atoms with Crippen LogP contribution < -0.4 is 0 Å². The Morgan fingerprint density at radius 2 is 2.00 bits per heavy atom. The third-order valence-electron chi connectivity index (χ3n) is 2.99. The molecule has 19 heavy (non-hydrogen) atoms.